The van der Waals surface area contributed by atoms with Gasteiger partial charge in [-0.15, -0.1) is 0 Å². The molecule has 1 aliphatic carbocycles. The highest BCUT2D eigenvalue weighted by Gasteiger charge is 2.31. The van der Waals surface area contributed by atoms with Gasteiger partial charge in [0.2, 0.25) is 21.9 Å². The maximum Gasteiger partial charge on any atom is 0.243 e. The highest BCUT2D eigenvalue weighted by molar-refractivity contribution is 7.89. The molecule has 0 radical (unpaired) electrons. The Morgan fingerprint density at radius 2 is 1.70 bits per heavy atom. The second-order valence-corrected chi connectivity index (χ2v) is 13.0. The SMILES string of the molecule is CCn1cnc2c(Nc3ccc(S(=O)(=O)N4CCN(c5ccccc5)CC4)cc3)nc(NC3CCCCC3C(N)=O)nc21. The van der Waals surface area contributed by atoms with Crippen molar-refractivity contribution in [2.75, 3.05) is 41.7 Å². The second kappa shape index (κ2) is 12.2. The monoisotopic (exact) mass is 603 g/mol. The molecule has 6 rings (SSSR count). The van der Waals surface area contributed by atoms with Crippen molar-refractivity contribution >= 4 is 50.2 Å². The third-order valence-corrected chi connectivity index (χ3v) is 10.3. The number of aryl methyl sites for hydroxylation is 1. The molecule has 2 atom stereocenters. The zero-order chi connectivity index (χ0) is 30.0. The third-order valence-electron chi connectivity index (χ3n) is 8.37. The van der Waals surface area contributed by atoms with Crippen molar-refractivity contribution in [3.05, 3.63) is 60.9 Å². The van der Waals surface area contributed by atoms with Crippen molar-refractivity contribution in [3.63, 3.8) is 0 Å². The zero-order valence-corrected chi connectivity index (χ0v) is 25.0. The van der Waals surface area contributed by atoms with E-state index in [0.717, 1.165) is 31.4 Å². The fourth-order valence-electron chi connectivity index (χ4n) is 5.96. The molecule has 0 bridgehead atoms. The van der Waals surface area contributed by atoms with Gasteiger partial charge in [-0.1, -0.05) is 31.0 Å². The van der Waals surface area contributed by atoms with Crippen molar-refractivity contribution in [2.24, 2.45) is 11.7 Å². The summed E-state index contributed by atoms with van der Waals surface area (Å²) in [5.41, 5.74) is 8.70. The minimum atomic E-state index is -3.64. The predicted molar refractivity (Wildman–Crippen MR) is 167 cm³/mol. The Labute approximate surface area is 251 Å². The summed E-state index contributed by atoms with van der Waals surface area (Å²) < 4.78 is 30.3. The van der Waals surface area contributed by atoms with Crippen LogP contribution in [-0.4, -0.2) is 70.4 Å². The van der Waals surface area contributed by atoms with Gasteiger partial charge in [-0.05, 0) is 56.2 Å². The van der Waals surface area contributed by atoms with Gasteiger partial charge in [-0.3, -0.25) is 4.79 Å². The molecule has 4 N–H and O–H groups in total. The lowest BCUT2D eigenvalue weighted by Crippen LogP contribution is -2.48. The number of primary amides is 1. The lowest BCUT2D eigenvalue weighted by Gasteiger charge is -2.35. The van der Waals surface area contributed by atoms with Gasteiger partial charge in [0.1, 0.15) is 0 Å². The Bertz CT molecular complexity index is 1690. The first-order valence-electron chi connectivity index (χ1n) is 14.8. The van der Waals surface area contributed by atoms with Crippen LogP contribution in [-0.2, 0) is 21.4 Å². The normalized spacial score (nSPS) is 19.8. The molecular formula is C30H37N9O3S. The van der Waals surface area contributed by atoms with E-state index in [1.807, 2.05) is 41.8 Å². The van der Waals surface area contributed by atoms with Gasteiger partial charge in [0.25, 0.3) is 0 Å². The molecule has 43 heavy (non-hydrogen) atoms. The van der Waals surface area contributed by atoms with Gasteiger partial charge in [-0.2, -0.15) is 14.3 Å². The Hall–Kier alpha value is -4.23. The minimum absolute atomic E-state index is 0.145. The number of hydrogen-bond donors (Lipinski definition) is 3. The van der Waals surface area contributed by atoms with Crippen LogP contribution < -0.4 is 21.3 Å². The molecule has 2 unspecified atom stereocenters. The van der Waals surface area contributed by atoms with E-state index >= 15 is 0 Å². The molecule has 1 aliphatic heterocycles. The van der Waals surface area contributed by atoms with E-state index in [9.17, 15) is 13.2 Å². The standard InChI is InChI=1S/C30H37N9O3S/c1-2-37-20-32-26-28(35-30(36-29(26)37)34-25-11-7-6-10-24(25)27(31)40)33-21-12-14-23(15-13-21)43(41,42)39-18-16-38(17-19-39)22-8-4-3-5-9-22/h3-5,8-9,12-15,20,24-25H,2,6-7,10-11,16-19H2,1H3,(H2,31,40)(H2,33,34,35,36). The first-order valence-corrected chi connectivity index (χ1v) is 16.2. The average molecular weight is 604 g/mol. The number of hydrogen-bond acceptors (Lipinski definition) is 9. The van der Waals surface area contributed by atoms with Gasteiger partial charge < -0.3 is 25.8 Å². The van der Waals surface area contributed by atoms with Crippen LogP contribution in [0.5, 0.6) is 0 Å². The average Bonchev–Trinajstić information content (AvgIpc) is 3.45. The molecule has 13 heteroatoms. The summed E-state index contributed by atoms with van der Waals surface area (Å²) in [6, 6.07) is 16.6. The summed E-state index contributed by atoms with van der Waals surface area (Å²) in [7, 11) is -3.64. The smallest absolute Gasteiger partial charge is 0.243 e. The van der Waals surface area contributed by atoms with E-state index in [1.165, 1.54) is 0 Å². The summed E-state index contributed by atoms with van der Waals surface area (Å²) >= 11 is 0. The topological polar surface area (TPSA) is 151 Å². The number of para-hydroxylation sites is 1. The van der Waals surface area contributed by atoms with Crippen LogP contribution in [0.25, 0.3) is 11.2 Å². The van der Waals surface area contributed by atoms with Gasteiger partial charge in [0.15, 0.2) is 17.0 Å². The molecule has 1 saturated heterocycles. The Kier molecular flexibility index (Phi) is 8.17. The summed E-state index contributed by atoms with van der Waals surface area (Å²) in [5.74, 6) is 0.274. The Morgan fingerprint density at radius 3 is 2.40 bits per heavy atom. The first-order chi connectivity index (χ1) is 20.8. The van der Waals surface area contributed by atoms with Crippen LogP contribution in [0.4, 0.5) is 23.1 Å². The van der Waals surface area contributed by atoms with Crippen LogP contribution in [0.2, 0.25) is 0 Å². The molecule has 2 aromatic heterocycles. The van der Waals surface area contributed by atoms with Crippen LogP contribution in [0.1, 0.15) is 32.6 Å². The van der Waals surface area contributed by atoms with Gasteiger partial charge >= 0.3 is 0 Å². The molecule has 4 aromatic rings. The van der Waals surface area contributed by atoms with Crippen LogP contribution in [0, 0.1) is 5.92 Å². The number of piperazine rings is 1. The number of carbonyl (C=O) groups excluding carboxylic acids is 1. The number of sulfonamides is 1. The molecule has 12 nitrogen and oxygen atoms in total. The van der Waals surface area contributed by atoms with Crippen molar-refractivity contribution < 1.29 is 13.2 Å². The molecule has 2 fully saturated rings. The third kappa shape index (κ3) is 6.00. The fraction of sp³-hybridized carbons (Fsp3) is 0.400. The number of nitrogens with one attached hydrogen (secondary N) is 2. The van der Waals surface area contributed by atoms with Crippen molar-refractivity contribution in [1.29, 1.82) is 0 Å². The predicted octanol–water partition coefficient (Wildman–Crippen LogP) is 3.56. The van der Waals surface area contributed by atoms with Gasteiger partial charge in [-0.25, -0.2) is 13.4 Å². The van der Waals surface area contributed by atoms with Crippen LogP contribution in [0.3, 0.4) is 0 Å². The molecular weight excluding hydrogens is 566 g/mol. The number of imidazole rings is 1. The highest BCUT2D eigenvalue weighted by atomic mass is 32.2. The second-order valence-electron chi connectivity index (χ2n) is 11.0. The van der Waals surface area contributed by atoms with E-state index in [2.05, 4.69) is 20.5 Å². The highest BCUT2D eigenvalue weighted by Crippen LogP contribution is 2.30. The van der Waals surface area contributed by atoms with Crippen molar-refractivity contribution in [1.82, 2.24) is 23.8 Å². The number of aromatic nitrogens is 4. The number of nitrogens with zero attached hydrogens (tertiary/aromatic N) is 6. The first kappa shape index (κ1) is 28.9. The number of nitrogens with two attached hydrogens (primary N) is 1. The summed E-state index contributed by atoms with van der Waals surface area (Å²) in [5, 5.41) is 6.66. The summed E-state index contributed by atoms with van der Waals surface area (Å²) in [6.07, 6.45) is 5.23. The fourth-order valence-corrected chi connectivity index (χ4v) is 7.38. The van der Waals surface area contributed by atoms with E-state index < -0.39 is 10.0 Å². The molecule has 0 spiro atoms. The molecule has 2 aromatic carbocycles. The molecule has 1 amide bonds. The molecule has 2 aliphatic rings. The Morgan fingerprint density at radius 1 is 0.977 bits per heavy atom. The van der Waals surface area contributed by atoms with E-state index in [0.29, 0.717) is 61.3 Å². The van der Waals surface area contributed by atoms with Crippen LogP contribution in [0.15, 0.2) is 65.8 Å². The quantitative estimate of drug-likeness (QED) is 0.261. The molecule has 1 saturated carbocycles. The largest absolute Gasteiger partial charge is 0.369 e. The number of anilines is 4. The number of benzene rings is 2. The van der Waals surface area contributed by atoms with Crippen molar-refractivity contribution in [3.8, 4) is 0 Å². The minimum Gasteiger partial charge on any atom is -0.369 e. The lowest BCUT2D eigenvalue weighted by atomic mass is 9.84. The van der Waals surface area contributed by atoms with E-state index in [4.69, 9.17) is 15.7 Å². The van der Waals surface area contributed by atoms with E-state index in [-0.39, 0.29) is 22.8 Å². The Balaban J connectivity index is 1.19. The molecule has 3 heterocycles. The van der Waals surface area contributed by atoms with Crippen molar-refractivity contribution in [2.45, 2.75) is 50.1 Å². The number of amides is 1. The number of carbonyl (C=O) groups is 1. The number of fused-ring (bicyclic) bond motifs is 1. The van der Waals surface area contributed by atoms with Crippen LogP contribution >= 0.6 is 0 Å². The van der Waals surface area contributed by atoms with Gasteiger partial charge in [0, 0.05) is 50.1 Å². The van der Waals surface area contributed by atoms with Gasteiger partial charge in [0.05, 0.1) is 17.1 Å². The zero-order valence-electron chi connectivity index (χ0n) is 24.2. The summed E-state index contributed by atoms with van der Waals surface area (Å²) in [6.45, 7) is 4.79. The maximum absolute atomic E-state index is 13.4. The summed E-state index contributed by atoms with van der Waals surface area (Å²) in [4.78, 5) is 28.5. The van der Waals surface area contributed by atoms with E-state index in [1.54, 1.807) is 34.9 Å². The maximum atomic E-state index is 13.4. The molecule has 226 valence electrons. The number of rotatable bonds is 9. The lowest BCUT2D eigenvalue weighted by molar-refractivity contribution is -0.122.